The summed E-state index contributed by atoms with van der Waals surface area (Å²) in [7, 11) is 0. The van der Waals surface area contributed by atoms with Crippen molar-refractivity contribution < 1.29 is 4.39 Å². The molecule has 0 amide bonds. The van der Waals surface area contributed by atoms with Gasteiger partial charge in [-0.1, -0.05) is 13.0 Å². The fourth-order valence-electron chi connectivity index (χ4n) is 1.23. The van der Waals surface area contributed by atoms with Gasteiger partial charge in [0.1, 0.15) is 5.82 Å². The summed E-state index contributed by atoms with van der Waals surface area (Å²) in [5, 5.41) is 0. The molecule has 0 saturated carbocycles. The third-order valence-electron chi connectivity index (χ3n) is 2.37. The van der Waals surface area contributed by atoms with Gasteiger partial charge in [-0.2, -0.15) is 11.8 Å². The number of rotatable bonds is 5. The second kappa shape index (κ2) is 6.13. The van der Waals surface area contributed by atoms with E-state index in [4.69, 9.17) is 5.73 Å². The Bertz CT molecular complexity index is 314. The van der Waals surface area contributed by atoms with E-state index in [0.717, 1.165) is 29.2 Å². The summed E-state index contributed by atoms with van der Waals surface area (Å²) in [6.45, 7) is 4.86. The molecule has 1 aromatic carbocycles. The molecule has 0 aliphatic heterocycles. The molecule has 3 heteroatoms. The van der Waals surface area contributed by atoms with Crippen molar-refractivity contribution in [1.29, 1.82) is 0 Å². The van der Waals surface area contributed by atoms with Crippen LogP contribution in [-0.2, 0) is 5.75 Å². The third kappa shape index (κ3) is 4.22. The van der Waals surface area contributed by atoms with Gasteiger partial charge in [0.05, 0.1) is 0 Å². The van der Waals surface area contributed by atoms with Gasteiger partial charge in [0, 0.05) is 5.75 Å². The predicted octanol–water partition coefficient (Wildman–Crippen LogP) is 2.96. The molecule has 1 nitrogen and oxygen atoms in total. The number of benzene rings is 1. The van der Waals surface area contributed by atoms with Gasteiger partial charge < -0.3 is 5.73 Å². The lowest BCUT2D eigenvalue weighted by Crippen LogP contribution is -2.12. The average Bonchev–Trinajstić information content (AvgIpc) is 2.23. The zero-order valence-corrected chi connectivity index (χ0v) is 10.1. The van der Waals surface area contributed by atoms with Crippen LogP contribution in [0.2, 0.25) is 0 Å². The maximum Gasteiger partial charge on any atom is 0.123 e. The molecule has 1 unspecified atom stereocenters. The minimum atomic E-state index is -0.150. The normalized spacial score (nSPS) is 12.8. The highest BCUT2D eigenvalue weighted by Gasteiger charge is 2.03. The fraction of sp³-hybridized carbons (Fsp3) is 0.500. The monoisotopic (exact) mass is 227 g/mol. The Kier molecular flexibility index (Phi) is 5.12. The summed E-state index contributed by atoms with van der Waals surface area (Å²) in [4.78, 5) is 0. The predicted molar refractivity (Wildman–Crippen MR) is 65.5 cm³/mol. The van der Waals surface area contributed by atoms with Crippen molar-refractivity contribution in [3.05, 3.63) is 35.1 Å². The highest BCUT2D eigenvalue weighted by molar-refractivity contribution is 7.98. The molecule has 0 aromatic heterocycles. The Labute approximate surface area is 95.2 Å². The minimum Gasteiger partial charge on any atom is -0.330 e. The maximum atomic E-state index is 13.0. The number of hydrogen-bond acceptors (Lipinski definition) is 2. The van der Waals surface area contributed by atoms with E-state index in [1.165, 1.54) is 6.07 Å². The van der Waals surface area contributed by atoms with E-state index < -0.39 is 0 Å². The minimum absolute atomic E-state index is 0.150. The van der Waals surface area contributed by atoms with Crippen molar-refractivity contribution in [3.63, 3.8) is 0 Å². The zero-order valence-electron chi connectivity index (χ0n) is 9.29. The summed E-state index contributed by atoms with van der Waals surface area (Å²) < 4.78 is 13.0. The van der Waals surface area contributed by atoms with Crippen molar-refractivity contribution in [2.75, 3.05) is 12.3 Å². The van der Waals surface area contributed by atoms with Gasteiger partial charge in [0.15, 0.2) is 0 Å². The van der Waals surface area contributed by atoms with Crippen LogP contribution >= 0.6 is 11.8 Å². The molecule has 0 fully saturated rings. The first-order valence-corrected chi connectivity index (χ1v) is 6.31. The summed E-state index contributed by atoms with van der Waals surface area (Å²) in [5.74, 6) is 2.28. The summed E-state index contributed by atoms with van der Waals surface area (Å²) in [6, 6.07) is 4.96. The standard InChI is InChI=1S/C12H18FNS/c1-9(6-14)7-15-8-11-5-12(13)4-3-10(11)2/h3-5,9H,6-8,14H2,1-2H3. The van der Waals surface area contributed by atoms with Crippen LogP contribution in [0.5, 0.6) is 0 Å². The third-order valence-corrected chi connectivity index (χ3v) is 3.69. The number of thioether (sulfide) groups is 1. The van der Waals surface area contributed by atoms with E-state index in [1.54, 1.807) is 6.07 Å². The molecule has 0 aliphatic carbocycles. The summed E-state index contributed by atoms with van der Waals surface area (Å²) >= 11 is 1.82. The number of nitrogens with two attached hydrogens (primary N) is 1. The van der Waals surface area contributed by atoms with Crippen LogP contribution in [0.4, 0.5) is 4.39 Å². The van der Waals surface area contributed by atoms with E-state index in [9.17, 15) is 4.39 Å². The van der Waals surface area contributed by atoms with Crippen molar-refractivity contribution in [3.8, 4) is 0 Å². The molecule has 0 heterocycles. The molecular weight excluding hydrogens is 209 g/mol. The van der Waals surface area contributed by atoms with E-state index in [1.807, 2.05) is 24.8 Å². The molecule has 0 saturated heterocycles. The Morgan fingerprint density at radius 1 is 1.47 bits per heavy atom. The highest BCUT2D eigenvalue weighted by atomic mass is 32.2. The molecule has 84 valence electrons. The molecule has 1 aromatic rings. The average molecular weight is 227 g/mol. The van der Waals surface area contributed by atoms with Gasteiger partial charge in [0.25, 0.3) is 0 Å². The second-order valence-corrected chi connectivity index (χ2v) is 4.96. The maximum absolute atomic E-state index is 13.0. The molecule has 1 atom stereocenters. The summed E-state index contributed by atoms with van der Waals surface area (Å²) in [6.07, 6.45) is 0. The fourth-order valence-corrected chi connectivity index (χ4v) is 2.42. The molecule has 2 N–H and O–H groups in total. The molecule has 0 radical (unpaired) electrons. The van der Waals surface area contributed by atoms with Crippen LogP contribution < -0.4 is 5.73 Å². The Morgan fingerprint density at radius 2 is 2.20 bits per heavy atom. The Hall–Kier alpha value is -0.540. The van der Waals surface area contributed by atoms with Crippen molar-refractivity contribution in [2.45, 2.75) is 19.6 Å². The van der Waals surface area contributed by atoms with Gasteiger partial charge in [-0.15, -0.1) is 0 Å². The van der Waals surface area contributed by atoms with Crippen LogP contribution in [-0.4, -0.2) is 12.3 Å². The zero-order chi connectivity index (χ0) is 11.3. The molecule has 0 aliphatic rings. The van der Waals surface area contributed by atoms with Crippen LogP contribution in [0.1, 0.15) is 18.1 Å². The van der Waals surface area contributed by atoms with Gasteiger partial charge in [-0.3, -0.25) is 0 Å². The highest BCUT2D eigenvalue weighted by Crippen LogP contribution is 2.19. The molecule has 0 spiro atoms. The lowest BCUT2D eigenvalue weighted by Gasteiger charge is -2.09. The van der Waals surface area contributed by atoms with Crippen LogP contribution in [0.15, 0.2) is 18.2 Å². The van der Waals surface area contributed by atoms with Crippen molar-refractivity contribution >= 4 is 11.8 Å². The Morgan fingerprint density at radius 3 is 2.87 bits per heavy atom. The van der Waals surface area contributed by atoms with E-state index >= 15 is 0 Å². The van der Waals surface area contributed by atoms with Crippen molar-refractivity contribution in [2.24, 2.45) is 11.7 Å². The van der Waals surface area contributed by atoms with Gasteiger partial charge in [-0.25, -0.2) is 4.39 Å². The molecular formula is C12H18FNS. The molecule has 1 rings (SSSR count). The number of aryl methyl sites for hydroxylation is 1. The van der Waals surface area contributed by atoms with Crippen LogP contribution in [0.3, 0.4) is 0 Å². The van der Waals surface area contributed by atoms with Crippen molar-refractivity contribution in [1.82, 2.24) is 0 Å². The summed E-state index contributed by atoms with van der Waals surface area (Å²) in [5.41, 5.74) is 7.78. The van der Waals surface area contributed by atoms with E-state index in [2.05, 4.69) is 6.92 Å². The quantitative estimate of drug-likeness (QED) is 0.837. The first-order valence-electron chi connectivity index (χ1n) is 5.16. The molecule has 0 bridgehead atoms. The van der Waals surface area contributed by atoms with Gasteiger partial charge in [-0.05, 0) is 48.4 Å². The first kappa shape index (κ1) is 12.5. The SMILES string of the molecule is Cc1ccc(F)cc1CSCC(C)CN. The number of halogens is 1. The topological polar surface area (TPSA) is 26.0 Å². The first-order chi connectivity index (χ1) is 7.13. The van der Waals surface area contributed by atoms with E-state index in [-0.39, 0.29) is 5.82 Å². The van der Waals surface area contributed by atoms with E-state index in [0.29, 0.717) is 5.92 Å². The van der Waals surface area contributed by atoms with Crippen LogP contribution in [0.25, 0.3) is 0 Å². The number of hydrogen-bond donors (Lipinski definition) is 1. The lowest BCUT2D eigenvalue weighted by molar-refractivity contribution is 0.626. The smallest absolute Gasteiger partial charge is 0.123 e. The lowest BCUT2D eigenvalue weighted by atomic mass is 10.1. The Balaban J connectivity index is 2.46. The largest absolute Gasteiger partial charge is 0.330 e. The second-order valence-electron chi connectivity index (χ2n) is 3.93. The van der Waals surface area contributed by atoms with Gasteiger partial charge in [0.2, 0.25) is 0 Å². The molecule has 15 heavy (non-hydrogen) atoms. The van der Waals surface area contributed by atoms with Gasteiger partial charge >= 0.3 is 0 Å². The van der Waals surface area contributed by atoms with Crippen LogP contribution in [0, 0.1) is 18.7 Å².